The third-order valence-electron chi connectivity index (χ3n) is 4.53. The highest BCUT2D eigenvalue weighted by Crippen LogP contribution is 2.23. The maximum Gasteiger partial charge on any atom is 0.325 e. The van der Waals surface area contributed by atoms with Crippen molar-refractivity contribution in [2.24, 2.45) is 0 Å². The van der Waals surface area contributed by atoms with Crippen LogP contribution in [0, 0.1) is 0 Å². The van der Waals surface area contributed by atoms with E-state index in [9.17, 15) is 9.59 Å². The topological polar surface area (TPSA) is 92.4 Å². The van der Waals surface area contributed by atoms with Crippen LogP contribution in [0.2, 0.25) is 0 Å². The van der Waals surface area contributed by atoms with Gasteiger partial charge in [-0.25, -0.2) is 9.78 Å². The lowest BCUT2D eigenvalue weighted by Gasteiger charge is -2.09. The van der Waals surface area contributed by atoms with Crippen molar-refractivity contribution in [1.82, 2.24) is 4.98 Å². The summed E-state index contributed by atoms with van der Waals surface area (Å²) in [5.74, 6) is 0.407. The molecule has 3 N–H and O–H groups in total. The van der Waals surface area contributed by atoms with Crippen LogP contribution < -0.4 is 20.7 Å². The molecule has 1 aromatic heterocycles. The molecule has 0 spiro atoms. The second-order valence-electron chi connectivity index (χ2n) is 6.95. The molecule has 8 heteroatoms. The Morgan fingerprint density at radius 3 is 2.55 bits per heavy atom. The number of aromatic nitrogens is 1. The number of unbranched alkanes of at least 4 members (excludes halogenated alkanes) is 1. The second-order valence-corrected chi connectivity index (χ2v) is 7.81. The van der Waals surface area contributed by atoms with Gasteiger partial charge in [0, 0.05) is 11.1 Å². The number of amides is 3. The number of benzene rings is 2. The van der Waals surface area contributed by atoms with Crippen molar-refractivity contribution in [2.75, 3.05) is 23.1 Å². The van der Waals surface area contributed by atoms with Gasteiger partial charge in [-0.15, -0.1) is 11.3 Å². The van der Waals surface area contributed by atoms with E-state index in [2.05, 4.69) is 27.9 Å². The van der Waals surface area contributed by atoms with Crippen LogP contribution in [-0.4, -0.2) is 24.0 Å². The third-order valence-corrected chi connectivity index (χ3v) is 5.33. The molecule has 3 aromatic rings. The molecule has 0 unspecified atom stereocenters. The smallest absolute Gasteiger partial charge is 0.325 e. The number of ether oxygens (including phenoxy) is 1. The first-order chi connectivity index (χ1) is 15.1. The lowest BCUT2D eigenvalue weighted by Crippen LogP contribution is -2.20. The van der Waals surface area contributed by atoms with Gasteiger partial charge in [0.1, 0.15) is 5.75 Å². The molecule has 3 amide bonds. The van der Waals surface area contributed by atoms with E-state index < -0.39 is 6.03 Å². The van der Waals surface area contributed by atoms with Crippen molar-refractivity contribution in [3.8, 4) is 5.75 Å². The predicted octanol–water partition coefficient (Wildman–Crippen LogP) is 5.32. The zero-order valence-electron chi connectivity index (χ0n) is 17.6. The summed E-state index contributed by atoms with van der Waals surface area (Å²) in [6, 6.07) is 14.6. The van der Waals surface area contributed by atoms with Crippen LogP contribution in [-0.2, 0) is 17.6 Å². The zero-order valence-corrected chi connectivity index (χ0v) is 18.4. The first-order valence-corrected chi connectivity index (χ1v) is 11.0. The summed E-state index contributed by atoms with van der Waals surface area (Å²) in [7, 11) is 1.54. The van der Waals surface area contributed by atoms with Gasteiger partial charge in [0.05, 0.1) is 24.9 Å². The number of hydrogen-bond acceptors (Lipinski definition) is 5. The fourth-order valence-corrected chi connectivity index (χ4v) is 3.65. The highest BCUT2D eigenvalue weighted by atomic mass is 32.1. The number of thiazole rings is 1. The number of carbonyl (C=O) groups excluding carboxylic acids is 2. The van der Waals surface area contributed by atoms with E-state index in [0.717, 1.165) is 24.9 Å². The van der Waals surface area contributed by atoms with Gasteiger partial charge in [-0.1, -0.05) is 37.6 Å². The summed E-state index contributed by atoms with van der Waals surface area (Å²) < 4.78 is 5.22. The average Bonchev–Trinajstić information content (AvgIpc) is 3.19. The number of aryl methyl sites for hydroxylation is 1. The number of carbonyl (C=O) groups is 2. The van der Waals surface area contributed by atoms with Crippen LogP contribution in [0.3, 0.4) is 0 Å². The molecular formula is C23H26N4O3S. The molecule has 0 saturated carbocycles. The Hall–Kier alpha value is -3.39. The molecule has 0 saturated heterocycles. The monoisotopic (exact) mass is 438 g/mol. The average molecular weight is 439 g/mol. The molecular weight excluding hydrogens is 412 g/mol. The Bertz CT molecular complexity index is 1020. The van der Waals surface area contributed by atoms with Gasteiger partial charge >= 0.3 is 6.03 Å². The quantitative estimate of drug-likeness (QED) is 0.422. The van der Waals surface area contributed by atoms with Gasteiger partial charge in [0.2, 0.25) is 5.91 Å². The largest absolute Gasteiger partial charge is 0.495 e. The first-order valence-electron chi connectivity index (χ1n) is 10.1. The van der Waals surface area contributed by atoms with Crippen LogP contribution in [0.25, 0.3) is 0 Å². The van der Waals surface area contributed by atoms with Gasteiger partial charge in [-0.2, -0.15) is 0 Å². The van der Waals surface area contributed by atoms with Gasteiger partial charge in [-0.3, -0.25) is 10.1 Å². The van der Waals surface area contributed by atoms with Crippen LogP contribution in [0.4, 0.5) is 21.3 Å². The maximum atomic E-state index is 12.3. The fraction of sp³-hybridized carbons (Fsp3) is 0.261. The highest BCUT2D eigenvalue weighted by molar-refractivity contribution is 7.14. The van der Waals surface area contributed by atoms with Crippen LogP contribution in [0.1, 0.15) is 31.0 Å². The fourth-order valence-electron chi connectivity index (χ4n) is 2.95. The second kappa shape index (κ2) is 11.1. The van der Waals surface area contributed by atoms with Crippen molar-refractivity contribution < 1.29 is 14.3 Å². The van der Waals surface area contributed by atoms with Gasteiger partial charge in [0.25, 0.3) is 0 Å². The van der Waals surface area contributed by atoms with E-state index in [1.165, 1.54) is 24.0 Å². The summed E-state index contributed by atoms with van der Waals surface area (Å²) in [4.78, 5) is 28.9. The Kier molecular flexibility index (Phi) is 8.00. The lowest BCUT2D eigenvalue weighted by atomic mass is 10.1. The molecule has 3 rings (SSSR count). The Balaban J connectivity index is 1.50. The Morgan fingerprint density at radius 2 is 1.81 bits per heavy atom. The van der Waals surface area contributed by atoms with Crippen molar-refractivity contribution in [1.29, 1.82) is 0 Å². The SMILES string of the molecule is CCCCc1ccc(NC(=O)Cc2csc(NC(=O)Nc3ccccc3OC)n2)cc1. The van der Waals surface area contributed by atoms with E-state index >= 15 is 0 Å². The molecule has 0 bridgehead atoms. The Morgan fingerprint density at radius 1 is 1.03 bits per heavy atom. The van der Waals surface area contributed by atoms with Crippen molar-refractivity contribution >= 4 is 39.8 Å². The molecule has 1 heterocycles. The molecule has 0 aliphatic heterocycles. The summed E-state index contributed by atoms with van der Waals surface area (Å²) in [5.41, 5.74) is 3.17. The molecule has 7 nitrogen and oxygen atoms in total. The van der Waals surface area contributed by atoms with E-state index in [-0.39, 0.29) is 12.3 Å². The third kappa shape index (κ3) is 6.82. The van der Waals surface area contributed by atoms with E-state index in [1.54, 1.807) is 23.6 Å². The minimum Gasteiger partial charge on any atom is -0.495 e. The summed E-state index contributed by atoms with van der Waals surface area (Å²) in [6.45, 7) is 2.17. The number of anilines is 3. The van der Waals surface area contributed by atoms with Crippen molar-refractivity contribution in [3.05, 3.63) is 65.2 Å². The standard InChI is InChI=1S/C23H26N4O3S/c1-3-4-7-16-10-12-17(13-11-16)24-21(28)14-18-15-31-23(25-18)27-22(29)26-19-8-5-6-9-20(19)30-2/h5-6,8-13,15H,3-4,7,14H2,1-2H3,(H,24,28)(H2,25,26,27,29). The van der Waals surface area contributed by atoms with Gasteiger partial charge in [-0.05, 0) is 42.7 Å². The Labute approximate surface area is 185 Å². The molecule has 0 atom stereocenters. The minimum atomic E-state index is -0.432. The molecule has 2 aromatic carbocycles. The summed E-state index contributed by atoms with van der Waals surface area (Å²) in [5, 5.41) is 10.4. The van der Waals surface area contributed by atoms with Crippen LogP contribution in [0.5, 0.6) is 5.75 Å². The van der Waals surface area contributed by atoms with Gasteiger partial charge < -0.3 is 15.4 Å². The number of para-hydroxylation sites is 2. The van der Waals surface area contributed by atoms with E-state index in [4.69, 9.17) is 4.74 Å². The summed E-state index contributed by atoms with van der Waals surface area (Å²) >= 11 is 1.26. The molecule has 162 valence electrons. The molecule has 0 aliphatic carbocycles. The predicted molar refractivity (Wildman–Crippen MR) is 125 cm³/mol. The number of methoxy groups -OCH3 is 1. The van der Waals surface area contributed by atoms with Gasteiger partial charge in [0.15, 0.2) is 5.13 Å². The number of nitrogens with zero attached hydrogens (tertiary/aromatic N) is 1. The maximum absolute atomic E-state index is 12.3. The highest BCUT2D eigenvalue weighted by Gasteiger charge is 2.12. The molecule has 0 fully saturated rings. The zero-order chi connectivity index (χ0) is 22.1. The van der Waals surface area contributed by atoms with E-state index in [0.29, 0.717) is 22.3 Å². The minimum absolute atomic E-state index is 0.129. The van der Waals surface area contributed by atoms with Crippen molar-refractivity contribution in [2.45, 2.75) is 32.6 Å². The summed E-state index contributed by atoms with van der Waals surface area (Å²) in [6.07, 6.45) is 3.49. The number of hydrogen-bond donors (Lipinski definition) is 3. The van der Waals surface area contributed by atoms with E-state index in [1.807, 2.05) is 30.3 Å². The van der Waals surface area contributed by atoms with Crippen LogP contribution in [0.15, 0.2) is 53.9 Å². The van der Waals surface area contributed by atoms with Crippen molar-refractivity contribution in [3.63, 3.8) is 0 Å². The molecule has 31 heavy (non-hydrogen) atoms. The first kappa shape index (κ1) is 22.3. The number of urea groups is 1. The number of rotatable bonds is 9. The van der Waals surface area contributed by atoms with Crippen LogP contribution >= 0.6 is 11.3 Å². The molecule has 0 radical (unpaired) electrons. The molecule has 0 aliphatic rings. The number of nitrogens with one attached hydrogen (secondary N) is 3. The normalized spacial score (nSPS) is 10.4. The lowest BCUT2D eigenvalue weighted by molar-refractivity contribution is -0.115.